The lowest BCUT2D eigenvalue weighted by molar-refractivity contribution is -0.143. The number of aliphatic carboxylic acids is 1. The third-order valence-electron chi connectivity index (χ3n) is 3.61. The van der Waals surface area contributed by atoms with Crippen LogP contribution >= 0.6 is 0 Å². The van der Waals surface area contributed by atoms with Gasteiger partial charge in [0.25, 0.3) is 0 Å². The van der Waals surface area contributed by atoms with Crippen LogP contribution in [0.25, 0.3) is 0 Å². The molecule has 0 aliphatic heterocycles. The van der Waals surface area contributed by atoms with Gasteiger partial charge in [-0.25, -0.2) is 0 Å². The summed E-state index contributed by atoms with van der Waals surface area (Å²) in [5, 5.41) is 9.67. The number of aryl methyl sites for hydroxylation is 1. The number of carboxylic acids is 1. The molecule has 0 fully saturated rings. The number of rotatable bonds is 4. The van der Waals surface area contributed by atoms with Crippen molar-refractivity contribution in [3.63, 3.8) is 0 Å². The van der Waals surface area contributed by atoms with Crippen molar-refractivity contribution in [2.24, 2.45) is 0 Å². The Bertz CT molecular complexity index is 575. The lowest BCUT2D eigenvalue weighted by Crippen LogP contribution is -2.35. The molecule has 2 rings (SSSR count). The van der Waals surface area contributed by atoms with Crippen LogP contribution in [0.2, 0.25) is 0 Å². The molecule has 98 valence electrons. The van der Waals surface area contributed by atoms with Crippen molar-refractivity contribution in [3.8, 4) is 0 Å². The second-order valence-corrected chi connectivity index (χ2v) is 5.11. The Balaban J connectivity index is 2.45. The Morgan fingerprint density at radius 2 is 1.63 bits per heavy atom. The summed E-state index contributed by atoms with van der Waals surface area (Å²) >= 11 is 0. The Labute approximate surface area is 113 Å². The fourth-order valence-corrected chi connectivity index (χ4v) is 2.48. The van der Waals surface area contributed by atoms with Gasteiger partial charge in [-0.05, 0) is 37.0 Å². The zero-order valence-corrected chi connectivity index (χ0v) is 11.3. The molecule has 0 spiro atoms. The summed E-state index contributed by atoms with van der Waals surface area (Å²) in [7, 11) is 0. The van der Waals surface area contributed by atoms with Crippen LogP contribution in [-0.2, 0) is 16.6 Å². The van der Waals surface area contributed by atoms with E-state index in [4.69, 9.17) is 0 Å². The van der Waals surface area contributed by atoms with Gasteiger partial charge in [-0.2, -0.15) is 0 Å². The monoisotopic (exact) mass is 254 g/mol. The second kappa shape index (κ2) is 5.27. The number of carbonyl (C=O) groups is 1. The van der Waals surface area contributed by atoms with Gasteiger partial charge in [-0.15, -0.1) is 0 Å². The molecule has 0 heterocycles. The van der Waals surface area contributed by atoms with Gasteiger partial charge in [-0.3, -0.25) is 4.79 Å². The van der Waals surface area contributed by atoms with Crippen LogP contribution in [0.4, 0.5) is 0 Å². The standard InChI is InChI=1S/C17H18O2/c1-13-8-6-7-11-15(13)17(2,16(18)19)12-14-9-4-3-5-10-14/h3-11H,12H2,1-2H3,(H,18,19). The van der Waals surface area contributed by atoms with Crippen LogP contribution in [0.3, 0.4) is 0 Å². The van der Waals surface area contributed by atoms with Crippen molar-refractivity contribution in [3.05, 3.63) is 71.3 Å². The normalized spacial score (nSPS) is 13.8. The molecule has 0 aromatic heterocycles. The van der Waals surface area contributed by atoms with Crippen LogP contribution in [0, 0.1) is 6.92 Å². The van der Waals surface area contributed by atoms with E-state index in [0.717, 1.165) is 16.7 Å². The van der Waals surface area contributed by atoms with E-state index in [1.54, 1.807) is 6.92 Å². The molecule has 1 unspecified atom stereocenters. The highest BCUT2D eigenvalue weighted by Gasteiger charge is 2.36. The summed E-state index contributed by atoms with van der Waals surface area (Å²) in [5.74, 6) is -0.786. The SMILES string of the molecule is Cc1ccccc1C(C)(Cc1ccccc1)C(=O)O. The number of carboxylic acid groups (broad SMARTS) is 1. The molecule has 0 bridgehead atoms. The van der Waals surface area contributed by atoms with Gasteiger partial charge in [0.15, 0.2) is 0 Å². The summed E-state index contributed by atoms with van der Waals surface area (Å²) in [6.07, 6.45) is 0.494. The third-order valence-corrected chi connectivity index (χ3v) is 3.61. The largest absolute Gasteiger partial charge is 0.481 e. The number of hydrogen-bond acceptors (Lipinski definition) is 1. The van der Waals surface area contributed by atoms with E-state index in [9.17, 15) is 9.90 Å². The van der Waals surface area contributed by atoms with Crippen LogP contribution in [0.5, 0.6) is 0 Å². The van der Waals surface area contributed by atoms with E-state index < -0.39 is 11.4 Å². The second-order valence-electron chi connectivity index (χ2n) is 5.11. The average Bonchev–Trinajstić information content (AvgIpc) is 2.40. The topological polar surface area (TPSA) is 37.3 Å². The molecule has 0 saturated carbocycles. The van der Waals surface area contributed by atoms with Crippen LogP contribution in [0.15, 0.2) is 54.6 Å². The van der Waals surface area contributed by atoms with Crippen molar-refractivity contribution in [1.29, 1.82) is 0 Å². The molecule has 0 radical (unpaired) electrons. The van der Waals surface area contributed by atoms with E-state index in [0.29, 0.717) is 6.42 Å². The van der Waals surface area contributed by atoms with Crippen molar-refractivity contribution in [2.75, 3.05) is 0 Å². The highest BCUT2D eigenvalue weighted by molar-refractivity contribution is 5.81. The van der Waals surface area contributed by atoms with E-state index >= 15 is 0 Å². The van der Waals surface area contributed by atoms with Crippen LogP contribution in [-0.4, -0.2) is 11.1 Å². The molecule has 2 heteroatoms. The van der Waals surface area contributed by atoms with Gasteiger partial charge < -0.3 is 5.11 Å². The van der Waals surface area contributed by atoms with E-state index in [-0.39, 0.29) is 0 Å². The first-order valence-electron chi connectivity index (χ1n) is 6.37. The van der Waals surface area contributed by atoms with Gasteiger partial charge >= 0.3 is 5.97 Å². The molecule has 0 aliphatic carbocycles. The third kappa shape index (κ3) is 2.68. The molecule has 0 saturated heterocycles. The predicted octanol–water partition coefficient (Wildman–Crippen LogP) is 3.58. The maximum atomic E-state index is 11.8. The Hall–Kier alpha value is -2.09. The summed E-state index contributed by atoms with van der Waals surface area (Å²) in [5.41, 5.74) is 2.04. The van der Waals surface area contributed by atoms with Crippen LogP contribution in [0.1, 0.15) is 23.6 Å². The quantitative estimate of drug-likeness (QED) is 0.905. The Morgan fingerprint density at radius 1 is 1.05 bits per heavy atom. The van der Waals surface area contributed by atoms with Gasteiger partial charge in [0.2, 0.25) is 0 Å². The summed E-state index contributed by atoms with van der Waals surface area (Å²) in [6, 6.07) is 17.5. The minimum atomic E-state index is -0.896. The highest BCUT2D eigenvalue weighted by Crippen LogP contribution is 2.31. The van der Waals surface area contributed by atoms with E-state index in [1.807, 2.05) is 61.5 Å². The average molecular weight is 254 g/mol. The van der Waals surface area contributed by atoms with Gasteiger partial charge in [-0.1, -0.05) is 54.6 Å². The minimum absolute atomic E-state index is 0.494. The fourth-order valence-electron chi connectivity index (χ4n) is 2.48. The fraction of sp³-hybridized carbons (Fsp3) is 0.235. The van der Waals surface area contributed by atoms with Crippen molar-refractivity contribution in [2.45, 2.75) is 25.7 Å². The molecule has 1 atom stereocenters. The van der Waals surface area contributed by atoms with Gasteiger partial charge in [0, 0.05) is 0 Å². The Morgan fingerprint density at radius 3 is 2.21 bits per heavy atom. The molecule has 0 amide bonds. The minimum Gasteiger partial charge on any atom is -0.481 e. The first kappa shape index (κ1) is 13.3. The van der Waals surface area contributed by atoms with Gasteiger partial charge in [0.1, 0.15) is 0 Å². The molecular formula is C17H18O2. The zero-order valence-electron chi connectivity index (χ0n) is 11.3. The predicted molar refractivity (Wildman–Crippen MR) is 76.3 cm³/mol. The molecule has 2 aromatic carbocycles. The van der Waals surface area contributed by atoms with Crippen molar-refractivity contribution >= 4 is 5.97 Å². The molecule has 2 nitrogen and oxygen atoms in total. The zero-order chi connectivity index (χ0) is 13.9. The molecule has 2 aromatic rings. The Kier molecular flexibility index (Phi) is 3.70. The number of benzene rings is 2. The summed E-state index contributed by atoms with van der Waals surface area (Å²) in [6.45, 7) is 3.76. The molecule has 19 heavy (non-hydrogen) atoms. The van der Waals surface area contributed by atoms with E-state index in [1.165, 1.54) is 0 Å². The highest BCUT2D eigenvalue weighted by atomic mass is 16.4. The van der Waals surface area contributed by atoms with Crippen LogP contribution < -0.4 is 0 Å². The maximum Gasteiger partial charge on any atom is 0.314 e. The number of hydrogen-bond donors (Lipinski definition) is 1. The van der Waals surface area contributed by atoms with Gasteiger partial charge in [0.05, 0.1) is 5.41 Å². The van der Waals surface area contributed by atoms with Crippen molar-refractivity contribution < 1.29 is 9.90 Å². The smallest absolute Gasteiger partial charge is 0.314 e. The summed E-state index contributed by atoms with van der Waals surface area (Å²) in [4.78, 5) is 11.8. The molecule has 0 aliphatic rings. The maximum absolute atomic E-state index is 11.8. The first-order valence-corrected chi connectivity index (χ1v) is 6.37. The lowest BCUT2D eigenvalue weighted by atomic mass is 9.75. The summed E-state index contributed by atoms with van der Waals surface area (Å²) < 4.78 is 0. The lowest BCUT2D eigenvalue weighted by Gasteiger charge is -2.27. The van der Waals surface area contributed by atoms with E-state index in [2.05, 4.69) is 0 Å². The molecular weight excluding hydrogens is 236 g/mol. The molecule has 1 N–H and O–H groups in total. The van der Waals surface area contributed by atoms with Crippen molar-refractivity contribution in [1.82, 2.24) is 0 Å². The first-order chi connectivity index (χ1) is 9.04.